The molecule has 0 atom stereocenters. The van der Waals surface area contributed by atoms with E-state index >= 15 is 0 Å². The van der Waals surface area contributed by atoms with Crippen LogP contribution in [0.5, 0.6) is 0 Å². The van der Waals surface area contributed by atoms with Gasteiger partial charge in [0.25, 0.3) is 0 Å². The number of halogens is 1. The van der Waals surface area contributed by atoms with Gasteiger partial charge in [-0.05, 0) is 64.7 Å². The molecule has 0 spiro atoms. The molecular weight excluding hydrogens is 486 g/mol. The molecule has 1 N–H and O–H groups in total. The minimum Gasteiger partial charge on any atom is -0.324 e. The van der Waals surface area contributed by atoms with E-state index in [4.69, 9.17) is 0 Å². The molecule has 0 aliphatic rings. The first kappa shape index (κ1) is 22.2. The van der Waals surface area contributed by atoms with E-state index < -0.39 is 0 Å². The molecule has 2 heterocycles. The van der Waals surface area contributed by atoms with Crippen LogP contribution in [0.3, 0.4) is 0 Å². The molecule has 0 aliphatic carbocycles. The number of carbonyl (C=O) groups is 1. The van der Waals surface area contributed by atoms with E-state index in [2.05, 4.69) is 53.1 Å². The fourth-order valence-corrected chi connectivity index (χ4v) is 4.59. The second-order valence-corrected chi connectivity index (χ2v) is 9.05. The zero-order valence-electron chi connectivity index (χ0n) is 17.5. The molecule has 32 heavy (non-hydrogen) atoms. The van der Waals surface area contributed by atoms with Crippen molar-refractivity contribution in [3.05, 3.63) is 88.7 Å². The molecule has 8 heteroatoms. The van der Waals surface area contributed by atoms with Crippen LogP contribution in [0.25, 0.3) is 11.4 Å². The summed E-state index contributed by atoms with van der Waals surface area (Å²) in [4.78, 5) is 16.7. The second kappa shape index (κ2) is 10.6. The summed E-state index contributed by atoms with van der Waals surface area (Å²) in [6.07, 6.45) is 4.32. The van der Waals surface area contributed by atoms with E-state index in [1.807, 2.05) is 55.5 Å². The van der Waals surface area contributed by atoms with Gasteiger partial charge >= 0.3 is 0 Å². The van der Waals surface area contributed by atoms with Crippen molar-refractivity contribution in [2.75, 3.05) is 11.1 Å². The second-order valence-electron chi connectivity index (χ2n) is 7.25. The zero-order valence-corrected chi connectivity index (χ0v) is 19.9. The van der Waals surface area contributed by atoms with Crippen LogP contribution >= 0.6 is 27.7 Å². The molecule has 1 amide bonds. The van der Waals surface area contributed by atoms with Crippen molar-refractivity contribution in [2.24, 2.45) is 0 Å². The zero-order chi connectivity index (χ0) is 22.3. The van der Waals surface area contributed by atoms with Crippen LogP contribution in [-0.4, -0.2) is 31.4 Å². The Hall–Kier alpha value is -2.97. The number of hydrogen-bond acceptors (Lipinski definition) is 5. The summed E-state index contributed by atoms with van der Waals surface area (Å²) in [7, 11) is 0. The van der Waals surface area contributed by atoms with Crippen LogP contribution in [0.4, 0.5) is 5.69 Å². The lowest BCUT2D eigenvalue weighted by atomic mass is 10.1. The van der Waals surface area contributed by atoms with Crippen LogP contribution in [0, 0.1) is 6.92 Å². The molecule has 0 fully saturated rings. The van der Waals surface area contributed by atoms with Gasteiger partial charge in [0.1, 0.15) is 0 Å². The summed E-state index contributed by atoms with van der Waals surface area (Å²) in [5.74, 6) is 0.912. The molecule has 4 aromatic rings. The number of aryl methyl sites for hydroxylation is 2. The molecule has 162 valence electrons. The lowest BCUT2D eigenvalue weighted by molar-refractivity contribution is -0.113. The molecule has 6 nitrogen and oxygen atoms in total. The molecule has 0 unspecified atom stereocenters. The normalized spacial score (nSPS) is 10.8. The van der Waals surface area contributed by atoms with Crippen molar-refractivity contribution in [3.63, 3.8) is 0 Å². The Kier molecular flexibility index (Phi) is 7.34. The predicted octanol–water partition coefficient (Wildman–Crippen LogP) is 5.38. The first-order valence-corrected chi connectivity index (χ1v) is 11.9. The average molecular weight is 508 g/mol. The third kappa shape index (κ3) is 5.63. The maximum atomic E-state index is 12.6. The Labute approximate surface area is 199 Å². The standard InChI is InChI=1S/C24H22BrN5OS/c1-17-7-8-21(20(25)15-17)27-22(31)16-32-24-29-28-23(19-9-12-26-13-10-19)30(24)14-11-18-5-3-2-4-6-18/h2-10,12-13,15H,11,14,16H2,1H3,(H,27,31). The summed E-state index contributed by atoms with van der Waals surface area (Å²) < 4.78 is 2.93. The highest BCUT2D eigenvalue weighted by molar-refractivity contribution is 9.10. The molecule has 2 aromatic carbocycles. The van der Waals surface area contributed by atoms with E-state index in [1.54, 1.807) is 12.4 Å². The molecule has 0 radical (unpaired) electrons. The fourth-order valence-electron chi connectivity index (χ4n) is 3.24. The van der Waals surface area contributed by atoms with Gasteiger partial charge in [0.15, 0.2) is 11.0 Å². The van der Waals surface area contributed by atoms with E-state index in [1.165, 1.54) is 17.3 Å². The molecule has 0 aliphatic heterocycles. The van der Waals surface area contributed by atoms with Crippen molar-refractivity contribution in [1.29, 1.82) is 0 Å². The maximum Gasteiger partial charge on any atom is 0.234 e. The Morgan fingerprint density at radius 2 is 1.84 bits per heavy atom. The predicted molar refractivity (Wildman–Crippen MR) is 132 cm³/mol. The van der Waals surface area contributed by atoms with Gasteiger partial charge in [-0.25, -0.2) is 0 Å². The van der Waals surface area contributed by atoms with Gasteiger partial charge < -0.3 is 9.88 Å². The smallest absolute Gasteiger partial charge is 0.234 e. The number of nitrogens with zero attached hydrogens (tertiary/aromatic N) is 4. The molecule has 2 aromatic heterocycles. The number of pyridine rings is 1. The number of hydrogen-bond donors (Lipinski definition) is 1. The van der Waals surface area contributed by atoms with E-state index in [0.29, 0.717) is 11.7 Å². The third-order valence-electron chi connectivity index (χ3n) is 4.85. The van der Waals surface area contributed by atoms with Gasteiger partial charge in [0.05, 0.1) is 11.4 Å². The SMILES string of the molecule is Cc1ccc(NC(=O)CSc2nnc(-c3ccncc3)n2CCc2ccccc2)c(Br)c1. The summed E-state index contributed by atoms with van der Waals surface area (Å²) in [6.45, 7) is 2.72. The Morgan fingerprint density at radius 3 is 2.59 bits per heavy atom. The van der Waals surface area contributed by atoms with Crippen LogP contribution in [0.1, 0.15) is 11.1 Å². The van der Waals surface area contributed by atoms with Crippen molar-refractivity contribution < 1.29 is 4.79 Å². The Morgan fingerprint density at radius 1 is 1.06 bits per heavy atom. The van der Waals surface area contributed by atoms with Gasteiger partial charge in [-0.1, -0.05) is 48.2 Å². The number of benzene rings is 2. The topological polar surface area (TPSA) is 72.7 Å². The van der Waals surface area contributed by atoms with Gasteiger partial charge in [0, 0.05) is 29.0 Å². The van der Waals surface area contributed by atoms with Crippen LogP contribution < -0.4 is 5.32 Å². The highest BCUT2D eigenvalue weighted by Crippen LogP contribution is 2.26. The van der Waals surface area contributed by atoms with Gasteiger partial charge in [-0.2, -0.15) is 0 Å². The first-order chi connectivity index (χ1) is 15.6. The molecule has 0 saturated carbocycles. The molecule has 4 rings (SSSR count). The number of thioether (sulfide) groups is 1. The van der Waals surface area contributed by atoms with E-state index in [-0.39, 0.29) is 11.7 Å². The largest absolute Gasteiger partial charge is 0.324 e. The summed E-state index contributed by atoms with van der Waals surface area (Å²) in [6, 6.07) is 20.0. The monoisotopic (exact) mass is 507 g/mol. The quantitative estimate of drug-likeness (QED) is 0.324. The fraction of sp³-hybridized carbons (Fsp3) is 0.167. The minimum absolute atomic E-state index is 0.0948. The highest BCUT2D eigenvalue weighted by Gasteiger charge is 2.16. The Bertz CT molecular complexity index is 1200. The summed E-state index contributed by atoms with van der Waals surface area (Å²) in [5.41, 5.74) is 4.06. The van der Waals surface area contributed by atoms with Crippen molar-refractivity contribution in [3.8, 4) is 11.4 Å². The maximum absolute atomic E-state index is 12.6. The molecule has 0 bridgehead atoms. The van der Waals surface area contributed by atoms with Gasteiger partial charge in [-0.3, -0.25) is 9.78 Å². The average Bonchev–Trinajstić information content (AvgIpc) is 3.22. The number of aromatic nitrogens is 4. The van der Waals surface area contributed by atoms with Crippen molar-refractivity contribution >= 4 is 39.3 Å². The van der Waals surface area contributed by atoms with Gasteiger partial charge in [-0.15, -0.1) is 10.2 Å². The number of rotatable bonds is 8. The van der Waals surface area contributed by atoms with Gasteiger partial charge in [0.2, 0.25) is 5.91 Å². The number of anilines is 1. The van der Waals surface area contributed by atoms with Crippen molar-refractivity contribution in [2.45, 2.75) is 25.0 Å². The molecule has 0 saturated heterocycles. The lowest BCUT2D eigenvalue weighted by Crippen LogP contribution is -2.15. The highest BCUT2D eigenvalue weighted by atomic mass is 79.9. The Balaban J connectivity index is 1.49. The summed E-state index contributed by atoms with van der Waals surface area (Å²) in [5, 5.41) is 12.5. The van der Waals surface area contributed by atoms with E-state index in [9.17, 15) is 4.79 Å². The van der Waals surface area contributed by atoms with Crippen LogP contribution in [0.15, 0.2) is 82.7 Å². The molecular formula is C24H22BrN5OS. The number of amides is 1. The van der Waals surface area contributed by atoms with Crippen molar-refractivity contribution in [1.82, 2.24) is 19.7 Å². The third-order valence-corrected chi connectivity index (χ3v) is 6.48. The van der Waals surface area contributed by atoms with Crippen LogP contribution in [0.2, 0.25) is 0 Å². The summed E-state index contributed by atoms with van der Waals surface area (Å²) >= 11 is 4.88. The minimum atomic E-state index is -0.0948. The van der Waals surface area contributed by atoms with E-state index in [0.717, 1.165) is 33.5 Å². The van der Waals surface area contributed by atoms with Crippen LogP contribution in [-0.2, 0) is 17.8 Å². The number of carbonyl (C=O) groups excluding carboxylic acids is 1. The number of nitrogens with one attached hydrogen (secondary N) is 1. The lowest BCUT2D eigenvalue weighted by Gasteiger charge is -2.11. The first-order valence-electron chi connectivity index (χ1n) is 10.2.